The zero-order valence-corrected chi connectivity index (χ0v) is 22.2. The van der Waals surface area contributed by atoms with Crippen molar-refractivity contribution in [1.29, 1.82) is 5.26 Å². The van der Waals surface area contributed by atoms with Crippen LogP contribution in [0.3, 0.4) is 0 Å². The highest BCUT2D eigenvalue weighted by molar-refractivity contribution is 7.89. The molecule has 194 valence electrons. The van der Waals surface area contributed by atoms with Crippen molar-refractivity contribution in [2.24, 2.45) is 5.92 Å². The second kappa shape index (κ2) is 11.4. The third-order valence-electron chi connectivity index (χ3n) is 6.35. The maximum absolute atomic E-state index is 13.6. The van der Waals surface area contributed by atoms with Crippen molar-refractivity contribution in [1.82, 2.24) is 14.1 Å². The first kappa shape index (κ1) is 27.6. The Morgan fingerprint density at radius 3 is 2.42 bits per heavy atom. The summed E-state index contributed by atoms with van der Waals surface area (Å²) in [6.07, 6.45) is -0.486. The van der Waals surface area contributed by atoms with E-state index in [-0.39, 0.29) is 48.7 Å². The van der Waals surface area contributed by atoms with Crippen molar-refractivity contribution in [2.75, 3.05) is 47.4 Å². The van der Waals surface area contributed by atoms with Gasteiger partial charge in [0, 0.05) is 25.6 Å². The lowest BCUT2D eigenvalue weighted by molar-refractivity contribution is -0.132. The second-order valence-electron chi connectivity index (χ2n) is 9.60. The number of aliphatic hydroxyl groups excluding tert-OH is 1. The van der Waals surface area contributed by atoms with E-state index in [0.29, 0.717) is 5.56 Å². The highest BCUT2D eigenvalue weighted by atomic mass is 32.2. The maximum Gasteiger partial charge on any atom is 0.247 e. The molecular weight excluding hydrogens is 480 g/mol. The molecule has 36 heavy (non-hydrogen) atoms. The van der Waals surface area contributed by atoms with Gasteiger partial charge >= 0.3 is 0 Å². The minimum absolute atomic E-state index is 0.0133. The predicted molar refractivity (Wildman–Crippen MR) is 137 cm³/mol. The SMILES string of the molecule is C[C@H]1CN([C@@H](C)CO)S(=O)(=O)c2ccc(-c3ccc(C#N)cc3)cc2O[C@H]1CN(C)C(=O)CN(C)C. The van der Waals surface area contributed by atoms with Crippen molar-refractivity contribution in [2.45, 2.75) is 30.9 Å². The maximum atomic E-state index is 13.6. The number of rotatable bonds is 7. The zero-order chi connectivity index (χ0) is 26.6. The number of sulfonamides is 1. The summed E-state index contributed by atoms with van der Waals surface area (Å²) in [7, 11) is 1.39. The molecule has 0 fully saturated rings. The molecule has 0 radical (unpaired) electrons. The van der Waals surface area contributed by atoms with E-state index in [0.717, 1.165) is 11.1 Å². The fraction of sp³-hybridized carbons (Fsp3) is 0.462. The fourth-order valence-corrected chi connectivity index (χ4v) is 5.95. The van der Waals surface area contributed by atoms with Crippen molar-refractivity contribution >= 4 is 15.9 Å². The van der Waals surface area contributed by atoms with Crippen LogP contribution in [0.25, 0.3) is 11.1 Å². The second-order valence-corrected chi connectivity index (χ2v) is 11.5. The van der Waals surface area contributed by atoms with Crippen molar-refractivity contribution in [3.8, 4) is 22.9 Å². The van der Waals surface area contributed by atoms with Gasteiger partial charge in [-0.15, -0.1) is 0 Å². The van der Waals surface area contributed by atoms with Crippen LogP contribution in [0.5, 0.6) is 5.75 Å². The van der Waals surface area contributed by atoms with Crippen LogP contribution >= 0.6 is 0 Å². The van der Waals surface area contributed by atoms with Crippen molar-refractivity contribution in [3.05, 3.63) is 48.0 Å². The number of fused-ring (bicyclic) bond motifs is 1. The van der Waals surface area contributed by atoms with Crippen LogP contribution in [0.2, 0.25) is 0 Å². The number of amides is 1. The molecule has 1 amide bonds. The van der Waals surface area contributed by atoms with Gasteiger partial charge in [0.25, 0.3) is 0 Å². The van der Waals surface area contributed by atoms with Crippen LogP contribution in [0.4, 0.5) is 0 Å². The Morgan fingerprint density at radius 2 is 1.83 bits per heavy atom. The lowest BCUT2D eigenvalue weighted by Crippen LogP contribution is -2.50. The number of hydrogen-bond acceptors (Lipinski definition) is 7. The molecular formula is C26H34N4O5S. The van der Waals surface area contributed by atoms with Crippen LogP contribution in [-0.4, -0.2) is 93.1 Å². The van der Waals surface area contributed by atoms with Gasteiger partial charge < -0.3 is 19.6 Å². The molecule has 0 spiro atoms. The number of aliphatic hydroxyl groups is 1. The summed E-state index contributed by atoms with van der Waals surface area (Å²) in [5, 5.41) is 18.9. The highest BCUT2D eigenvalue weighted by Crippen LogP contribution is 2.36. The van der Waals surface area contributed by atoms with Gasteiger partial charge in [-0.1, -0.05) is 25.1 Å². The van der Waals surface area contributed by atoms with Gasteiger partial charge in [0.05, 0.1) is 31.3 Å². The summed E-state index contributed by atoms with van der Waals surface area (Å²) in [5.41, 5.74) is 2.07. The van der Waals surface area contributed by atoms with E-state index in [4.69, 9.17) is 10.00 Å². The molecule has 3 rings (SSSR count). The average Bonchev–Trinajstić information content (AvgIpc) is 2.85. The summed E-state index contributed by atoms with van der Waals surface area (Å²) in [5.74, 6) is -0.148. The van der Waals surface area contributed by atoms with Crippen LogP contribution in [0, 0.1) is 17.2 Å². The number of benzene rings is 2. The van der Waals surface area contributed by atoms with Crippen molar-refractivity contribution in [3.63, 3.8) is 0 Å². The molecule has 1 N–H and O–H groups in total. The summed E-state index contributed by atoms with van der Waals surface area (Å²) < 4.78 is 34.9. The van der Waals surface area contributed by atoms with E-state index in [1.165, 1.54) is 10.4 Å². The molecule has 2 aromatic rings. The van der Waals surface area contributed by atoms with E-state index in [1.807, 2.05) is 21.0 Å². The number of nitrogens with zero attached hydrogens (tertiary/aromatic N) is 4. The first-order chi connectivity index (χ1) is 17.0. The molecule has 0 aliphatic carbocycles. The number of hydrogen-bond donors (Lipinski definition) is 1. The van der Waals surface area contributed by atoms with Gasteiger partial charge in [-0.2, -0.15) is 9.57 Å². The summed E-state index contributed by atoms with van der Waals surface area (Å²) >= 11 is 0. The highest BCUT2D eigenvalue weighted by Gasteiger charge is 2.38. The molecule has 1 aliphatic heterocycles. The largest absolute Gasteiger partial charge is 0.487 e. The lowest BCUT2D eigenvalue weighted by atomic mass is 10.0. The van der Waals surface area contributed by atoms with Crippen molar-refractivity contribution < 1.29 is 23.1 Å². The Bertz CT molecular complexity index is 1220. The zero-order valence-electron chi connectivity index (χ0n) is 21.4. The molecule has 3 atom stereocenters. The van der Waals surface area contributed by atoms with Gasteiger partial charge in [0.15, 0.2) is 0 Å². The molecule has 0 unspecified atom stereocenters. The Morgan fingerprint density at radius 1 is 1.19 bits per heavy atom. The molecule has 0 bridgehead atoms. The Kier molecular flexibility index (Phi) is 8.74. The Labute approximate surface area is 213 Å². The summed E-state index contributed by atoms with van der Waals surface area (Å²) in [6.45, 7) is 3.89. The van der Waals surface area contributed by atoms with Crippen LogP contribution in [0.1, 0.15) is 19.4 Å². The predicted octanol–water partition coefficient (Wildman–Crippen LogP) is 2.01. The summed E-state index contributed by atoms with van der Waals surface area (Å²) in [4.78, 5) is 16.0. The molecule has 0 saturated carbocycles. The molecule has 1 aliphatic rings. The molecule has 0 aromatic heterocycles. The van der Waals surface area contributed by atoms with E-state index >= 15 is 0 Å². The van der Waals surface area contributed by atoms with Crippen LogP contribution in [0.15, 0.2) is 47.4 Å². The Balaban J connectivity index is 2.07. The smallest absolute Gasteiger partial charge is 0.247 e. The van der Waals surface area contributed by atoms with E-state index < -0.39 is 22.2 Å². The molecule has 0 saturated heterocycles. The topological polar surface area (TPSA) is 114 Å². The third kappa shape index (κ3) is 6.05. The van der Waals surface area contributed by atoms with Gasteiger partial charge in [-0.25, -0.2) is 8.42 Å². The third-order valence-corrected chi connectivity index (χ3v) is 8.37. The molecule has 1 heterocycles. The van der Waals surface area contributed by atoms with Gasteiger partial charge in [0.1, 0.15) is 16.7 Å². The minimum atomic E-state index is -3.96. The number of ether oxygens (including phenoxy) is 1. The quantitative estimate of drug-likeness (QED) is 0.601. The Hall–Kier alpha value is -2.97. The van der Waals surface area contributed by atoms with Crippen LogP contribution < -0.4 is 4.74 Å². The van der Waals surface area contributed by atoms with Gasteiger partial charge in [0.2, 0.25) is 15.9 Å². The first-order valence-corrected chi connectivity index (χ1v) is 13.2. The molecule has 10 heteroatoms. The first-order valence-electron chi connectivity index (χ1n) is 11.8. The normalized spacial score (nSPS) is 20.4. The molecule has 9 nitrogen and oxygen atoms in total. The fourth-order valence-electron chi connectivity index (χ4n) is 4.12. The van der Waals surface area contributed by atoms with E-state index in [2.05, 4.69) is 6.07 Å². The number of likely N-dealkylation sites (N-methyl/N-ethyl adjacent to an activating group) is 2. The molecule has 2 aromatic carbocycles. The van der Waals surface area contributed by atoms with E-state index in [1.54, 1.807) is 60.2 Å². The van der Waals surface area contributed by atoms with Gasteiger partial charge in [-0.3, -0.25) is 4.79 Å². The summed E-state index contributed by atoms with van der Waals surface area (Å²) in [6, 6.07) is 13.4. The van der Waals surface area contributed by atoms with E-state index in [9.17, 15) is 18.3 Å². The number of nitriles is 1. The average molecular weight is 515 g/mol. The number of carbonyl (C=O) groups excluding carboxylic acids is 1. The standard InChI is InChI=1S/C26H34N4O5S/c1-18-14-30(19(2)17-31)36(33,34)25-11-10-22(21-8-6-20(13-27)7-9-21)12-23(25)35-24(18)15-29(5)26(32)16-28(3)4/h6-12,18-19,24,31H,14-17H2,1-5H3/t18-,19-,24-/m0/s1. The van der Waals surface area contributed by atoms with Crippen LogP contribution in [-0.2, 0) is 14.8 Å². The minimum Gasteiger partial charge on any atom is -0.487 e. The number of carbonyl (C=O) groups is 1. The van der Waals surface area contributed by atoms with Gasteiger partial charge in [-0.05, 0) is 56.4 Å². The lowest BCUT2D eigenvalue weighted by Gasteiger charge is -2.37. The monoisotopic (exact) mass is 514 g/mol.